The smallest absolute Gasteiger partial charge is 0.312 e. The molecule has 0 unspecified atom stereocenters. The van der Waals surface area contributed by atoms with Crippen LogP contribution in [0.1, 0.15) is 39.4 Å². The summed E-state index contributed by atoms with van der Waals surface area (Å²) in [6.45, 7) is 0. The van der Waals surface area contributed by atoms with Crippen molar-refractivity contribution in [3.05, 3.63) is 82.6 Å². The molecule has 166 valence electrons. The maximum Gasteiger partial charge on any atom is 0.312 e. The van der Waals surface area contributed by atoms with Gasteiger partial charge in [-0.05, 0) is 53.6 Å². The highest BCUT2D eigenvalue weighted by Gasteiger charge is 2.38. The molecule has 7 heteroatoms. The van der Waals surface area contributed by atoms with Crippen LogP contribution in [0.5, 0.6) is 28.7 Å². The number of hydrogen-bond acceptors (Lipinski definition) is 7. The highest BCUT2D eigenvalue weighted by molar-refractivity contribution is 6.15. The molecule has 0 bridgehead atoms. The van der Waals surface area contributed by atoms with Crippen molar-refractivity contribution in [1.29, 1.82) is 0 Å². The molecular weight excluding hydrogens is 424 g/mol. The number of carbonyl (C=O) groups is 2. The number of phenolic OH excluding ortho intramolecular Hbond substituents is 1. The Labute approximate surface area is 189 Å². The molecule has 5 rings (SSSR count). The summed E-state index contributed by atoms with van der Waals surface area (Å²) >= 11 is 0. The first-order valence-electron chi connectivity index (χ1n) is 10.3. The molecule has 0 amide bonds. The van der Waals surface area contributed by atoms with Crippen molar-refractivity contribution in [2.75, 3.05) is 14.2 Å². The van der Waals surface area contributed by atoms with E-state index in [-0.39, 0.29) is 35.6 Å². The summed E-state index contributed by atoms with van der Waals surface area (Å²) in [5, 5.41) is 9.65. The molecule has 0 saturated carbocycles. The molecule has 2 heterocycles. The van der Waals surface area contributed by atoms with Crippen molar-refractivity contribution < 1.29 is 33.6 Å². The lowest BCUT2D eigenvalue weighted by Crippen LogP contribution is -2.21. The van der Waals surface area contributed by atoms with Gasteiger partial charge in [-0.1, -0.05) is 18.2 Å². The van der Waals surface area contributed by atoms with E-state index in [1.807, 2.05) is 0 Å². The second-order valence-electron chi connectivity index (χ2n) is 7.73. The third kappa shape index (κ3) is 3.57. The minimum Gasteiger partial charge on any atom is -0.508 e. The summed E-state index contributed by atoms with van der Waals surface area (Å²) in [4.78, 5) is 25.4. The third-order valence-corrected chi connectivity index (χ3v) is 5.78. The van der Waals surface area contributed by atoms with Gasteiger partial charge in [0.2, 0.25) is 5.78 Å². The van der Waals surface area contributed by atoms with Gasteiger partial charge in [-0.25, -0.2) is 0 Å². The van der Waals surface area contributed by atoms with Gasteiger partial charge in [0.25, 0.3) is 0 Å². The molecule has 7 nitrogen and oxygen atoms in total. The van der Waals surface area contributed by atoms with Gasteiger partial charge in [-0.3, -0.25) is 9.59 Å². The highest BCUT2D eigenvalue weighted by atomic mass is 16.5. The number of hydrogen-bond donors (Lipinski definition) is 1. The summed E-state index contributed by atoms with van der Waals surface area (Å²) in [5.74, 6) is 1.15. The SMILES string of the molecule is COc1ccc(/C=C2\Oc3c(ccc4c3[C@H](c3ccc(O)cc3)CC(=O)O4)C2=O)cc1OC. The summed E-state index contributed by atoms with van der Waals surface area (Å²) in [7, 11) is 3.09. The van der Waals surface area contributed by atoms with Gasteiger partial charge in [0.05, 0.1) is 26.2 Å². The Morgan fingerprint density at radius 1 is 0.939 bits per heavy atom. The van der Waals surface area contributed by atoms with Gasteiger partial charge in [0, 0.05) is 11.5 Å². The number of methoxy groups -OCH3 is 2. The lowest BCUT2D eigenvalue weighted by Gasteiger charge is -2.26. The number of benzene rings is 3. The van der Waals surface area contributed by atoms with E-state index in [4.69, 9.17) is 18.9 Å². The summed E-state index contributed by atoms with van der Waals surface area (Å²) in [5.41, 5.74) is 2.57. The van der Waals surface area contributed by atoms with Crippen molar-refractivity contribution in [1.82, 2.24) is 0 Å². The van der Waals surface area contributed by atoms with Crippen LogP contribution in [0, 0.1) is 0 Å². The number of phenols is 1. The number of Topliss-reactive ketones (excluding diaryl/α,β-unsaturated/α-hetero) is 1. The number of allylic oxidation sites excluding steroid dienone is 1. The Hall–Kier alpha value is -4.26. The van der Waals surface area contributed by atoms with Crippen LogP contribution < -0.4 is 18.9 Å². The molecule has 3 aromatic rings. The van der Waals surface area contributed by atoms with Crippen LogP contribution in [0.3, 0.4) is 0 Å². The predicted octanol–water partition coefficient (Wildman–Crippen LogP) is 4.47. The fourth-order valence-corrected chi connectivity index (χ4v) is 4.19. The minimum absolute atomic E-state index is 0.0977. The van der Waals surface area contributed by atoms with E-state index in [0.29, 0.717) is 39.7 Å². The average Bonchev–Trinajstić information content (AvgIpc) is 3.14. The molecule has 3 aromatic carbocycles. The van der Waals surface area contributed by atoms with Crippen LogP contribution in [-0.2, 0) is 4.79 Å². The molecule has 1 atom stereocenters. The average molecular weight is 444 g/mol. The van der Waals surface area contributed by atoms with Crippen LogP contribution in [-0.4, -0.2) is 31.1 Å². The second kappa shape index (κ2) is 8.02. The van der Waals surface area contributed by atoms with E-state index in [1.165, 1.54) is 0 Å². The fourth-order valence-electron chi connectivity index (χ4n) is 4.19. The third-order valence-electron chi connectivity index (χ3n) is 5.78. The zero-order chi connectivity index (χ0) is 23.1. The van der Waals surface area contributed by atoms with Crippen molar-refractivity contribution in [3.63, 3.8) is 0 Å². The molecular formula is C26H20O7. The molecule has 0 radical (unpaired) electrons. The van der Waals surface area contributed by atoms with Crippen LogP contribution in [0.4, 0.5) is 0 Å². The summed E-state index contributed by atoms with van der Waals surface area (Å²) < 4.78 is 22.1. The number of esters is 1. The fraction of sp³-hybridized carbons (Fsp3) is 0.154. The molecule has 33 heavy (non-hydrogen) atoms. The maximum atomic E-state index is 13.1. The van der Waals surface area contributed by atoms with E-state index >= 15 is 0 Å². The van der Waals surface area contributed by atoms with Crippen LogP contribution in [0.25, 0.3) is 6.08 Å². The quantitative estimate of drug-likeness (QED) is 0.361. The number of fused-ring (bicyclic) bond motifs is 3. The first-order valence-corrected chi connectivity index (χ1v) is 10.3. The van der Waals surface area contributed by atoms with Gasteiger partial charge in [-0.15, -0.1) is 0 Å². The molecule has 2 aliphatic heterocycles. The lowest BCUT2D eigenvalue weighted by atomic mass is 9.84. The number of ketones is 1. The van der Waals surface area contributed by atoms with Gasteiger partial charge in [0.15, 0.2) is 17.3 Å². The number of carbonyl (C=O) groups excluding carboxylic acids is 2. The standard InChI is InChI=1S/C26H20O7/c1-30-19-9-3-14(11-21(19)31-2)12-22-25(29)17-8-10-20-24(26(17)33-22)18(13-23(28)32-20)15-4-6-16(27)7-5-15/h3-12,18,27H,13H2,1-2H3/b22-12-/t18-/m0/s1. The van der Waals surface area contributed by atoms with E-state index < -0.39 is 0 Å². The zero-order valence-electron chi connectivity index (χ0n) is 18.0. The van der Waals surface area contributed by atoms with Crippen LogP contribution >= 0.6 is 0 Å². The zero-order valence-corrected chi connectivity index (χ0v) is 18.0. The Morgan fingerprint density at radius 2 is 1.70 bits per heavy atom. The van der Waals surface area contributed by atoms with E-state index in [2.05, 4.69) is 0 Å². The number of rotatable bonds is 4. The highest BCUT2D eigenvalue weighted by Crippen LogP contribution is 2.49. The van der Waals surface area contributed by atoms with E-state index in [0.717, 1.165) is 5.56 Å². The molecule has 0 aromatic heterocycles. The number of aromatic hydroxyl groups is 1. The Kier molecular flexibility index (Phi) is 5.01. The topological polar surface area (TPSA) is 91.3 Å². The summed E-state index contributed by atoms with van der Waals surface area (Å²) in [6, 6.07) is 15.2. The monoisotopic (exact) mass is 444 g/mol. The first-order chi connectivity index (χ1) is 16.0. The number of ether oxygens (including phenoxy) is 4. The van der Waals surface area contributed by atoms with E-state index in [9.17, 15) is 14.7 Å². The maximum absolute atomic E-state index is 13.1. The van der Waals surface area contributed by atoms with E-state index in [1.54, 1.807) is 74.9 Å². The van der Waals surface area contributed by atoms with Gasteiger partial charge >= 0.3 is 5.97 Å². The van der Waals surface area contributed by atoms with Crippen molar-refractivity contribution >= 4 is 17.8 Å². The van der Waals surface area contributed by atoms with Crippen LogP contribution in [0.15, 0.2) is 60.4 Å². The molecule has 1 N–H and O–H groups in total. The minimum atomic E-state index is -0.370. The van der Waals surface area contributed by atoms with Gasteiger partial charge < -0.3 is 24.1 Å². The molecule has 0 spiro atoms. The molecule has 0 aliphatic carbocycles. The molecule has 0 fully saturated rings. The normalized spacial score (nSPS) is 17.8. The summed E-state index contributed by atoms with van der Waals surface area (Å²) in [6.07, 6.45) is 1.74. The molecule has 0 saturated heterocycles. The predicted molar refractivity (Wildman–Crippen MR) is 119 cm³/mol. The Morgan fingerprint density at radius 3 is 2.42 bits per heavy atom. The van der Waals surface area contributed by atoms with Crippen LogP contribution in [0.2, 0.25) is 0 Å². The second-order valence-corrected chi connectivity index (χ2v) is 7.73. The van der Waals surface area contributed by atoms with Crippen molar-refractivity contribution in [3.8, 4) is 28.7 Å². The Balaban J connectivity index is 1.57. The largest absolute Gasteiger partial charge is 0.508 e. The first kappa shape index (κ1) is 20.6. The van der Waals surface area contributed by atoms with Crippen molar-refractivity contribution in [2.45, 2.75) is 12.3 Å². The van der Waals surface area contributed by atoms with Gasteiger partial charge in [0.1, 0.15) is 17.2 Å². The molecule has 2 aliphatic rings. The lowest BCUT2D eigenvalue weighted by molar-refractivity contribution is -0.135. The Bertz CT molecular complexity index is 1300. The van der Waals surface area contributed by atoms with Crippen molar-refractivity contribution in [2.24, 2.45) is 0 Å². The van der Waals surface area contributed by atoms with Gasteiger partial charge in [-0.2, -0.15) is 0 Å².